The summed E-state index contributed by atoms with van der Waals surface area (Å²) in [4.78, 5) is 20.2. The minimum atomic E-state index is -0.131. The summed E-state index contributed by atoms with van der Waals surface area (Å²) in [6.45, 7) is 4.72. The number of aryl methyl sites for hydroxylation is 1. The maximum Gasteiger partial charge on any atom is 0.270 e. The van der Waals surface area contributed by atoms with Gasteiger partial charge in [0.2, 0.25) is 5.95 Å². The summed E-state index contributed by atoms with van der Waals surface area (Å²) >= 11 is 0. The lowest BCUT2D eigenvalue weighted by Crippen LogP contribution is -2.26. The van der Waals surface area contributed by atoms with Crippen molar-refractivity contribution >= 4 is 11.9 Å². The molecule has 1 rings (SSSR count). The van der Waals surface area contributed by atoms with Gasteiger partial charge in [-0.1, -0.05) is 26.2 Å². The van der Waals surface area contributed by atoms with E-state index in [1.807, 2.05) is 6.92 Å². The molecule has 0 aliphatic carbocycles. The molecule has 1 aromatic rings. The summed E-state index contributed by atoms with van der Waals surface area (Å²) in [5.74, 6) is 0.347. The molecule has 0 saturated heterocycles. The molecule has 2 N–H and O–H groups in total. The number of nitrogens with one attached hydrogen (secondary N) is 2. The molecule has 1 heterocycles. The van der Waals surface area contributed by atoms with Crippen LogP contribution in [-0.4, -0.2) is 29.5 Å². The molecule has 0 bridgehead atoms. The summed E-state index contributed by atoms with van der Waals surface area (Å²) in [5, 5.41) is 5.72. The molecule has 0 spiro atoms. The van der Waals surface area contributed by atoms with Gasteiger partial charge in [-0.25, -0.2) is 9.97 Å². The molecule has 0 aromatic carbocycles. The Morgan fingerprint density at radius 3 is 2.72 bits per heavy atom. The monoisotopic (exact) mass is 250 g/mol. The normalized spacial score (nSPS) is 10.2. The Morgan fingerprint density at radius 1 is 1.28 bits per heavy atom. The average molecular weight is 250 g/mol. The summed E-state index contributed by atoms with van der Waals surface area (Å²) in [7, 11) is 1.74. The molecular weight excluding hydrogens is 228 g/mol. The lowest BCUT2D eigenvalue weighted by Gasteiger charge is -2.06. The molecule has 0 unspecified atom stereocenters. The van der Waals surface area contributed by atoms with Crippen LogP contribution in [0.25, 0.3) is 0 Å². The first-order chi connectivity index (χ1) is 8.67. The zero-order valence-electron chi connectivity index (χ0n) is 11.4. The van der Waals surface area contributed by atoms with Crippen LogP contribution in [0.1, 0.15) is 48.8 Å². The van der Waals surface area contributed by atoms with E-state index in [1.54, 1.807) is 13.1 Å². The molecule has 100 valence electrons. The van der Waals surface area contributed by atoms with Gasteiger partial charge in [-0.15, -0.1) is 0 Å². The summed E-state index contributed by atoms with van der Waals surface area (Å²) in [6.07, 6.45) is 4.58. The van der Waals surface area contributed by atoms with Gasteiger partial charge >= 0.3 is 0 Å². The van der Waals surface area contributed by atoms with Crippen molar-refractivity contribution in [2.75, 3.05) is 18.9 Å². The van der Waals surface area contributed by atoms with Crippen molar-refractivity contribution in [1.29, 1.82) is 0 Å². The first kappa shape index (κ1) is 14.4. The van der Waals surface area contributed by atoms with E-state index in [-0.39, 0.29) is 5.91 Å². The predicted octanol–water partition coefficient (Wildman–Crippen LogP) is 2.14. The van der Waals surface area contributed by atoms with Crippen LogP contribution in [0.2, 0.25) is 0 Å². The molecular formula is C13H22N4O. The van der Waals surface area contributed by atoms with Crippen molar-refractivity contribution in [1.82, 2.24) is 15.3 Å². The molecule has 0 fully saturated rings. The minimum Gasteiger partial charge on any atom is -0.357 e. The zero-order valence-corrected chi connectivity index (χ0v) is 11.4. The van der Waals surface area contributed by atoms with E-state index < -0.39 is 0 Å². The van der Waals surface area contributed by atoms with Gasteiger partial charge in [-0.2, -0.15) is 0 Å². The fourth-order valence-corrected chi connectivity index (χ4v) is 1.64. The smallest absolute Gasteiger partial charge is 0.270 e. The SMILES string of the molecule is CCCCCCNC(=O)c1cc(C)nc(NC)n1. The third-order valence-corrected chi connectivity index (χ3v) is 2.63. The Labute approximate surface area is 108 Å². The van der Waals surface area contributed by atoms with Crippen molar-refractivity contribution in [2.45, 2.75) is 39.5 Å². The third-order valence-electron chi connectivity index (χ3n) is 2.63. The number of anilines is 1. The Kier molecular flexibility index (Phi) is 6.11. The van der Waals surface area contributed by atoms with Gasteiger partial charge in [0.05, 0.1) is 0 Å². The van der Waals surface area contributed by atoms with Crippen LogP contribution in [0.15, 0.2) is 6.07 Å². The van der Waals surface area contributed by atoms with Crippen molar-refractivity contribution in [3.05, 3.63) is 17.5 Å². The van der Waals surface area contributed by atoms with Crippen LogP contribution >= 0.6 is 0 Å². The highest BCUT2D eigenvalue weighted by molar-refractivity contribution is 5.92. The van der Waals surface area contributed by atoms with E-state index in [9.17, 15) is 4.79 Å². The van der Waals surface area contributed by atoms with E-state index in [1.165, 1.54) is 12.8 Å². The maximum atomic E-state index is 11.9. The van der Waals surface area contributed by atoms with Crippen molar-refractivity contribution in [3.8, 4) is 0 Å². The van der Waals surface area contributed by atoms with Crippen molar-refractivity contribution < 1.29 is 4.79 Å². The van der Waals surface area contributed by atoms with Gasteiger partial charge in [0.1, 0.15) is 5.69 Å². The third kappa shape index (κ3) is 4.69. The lowest BCUT2D eigenvalue weighted by molar-refractivity contribution is 0.0948. The molecule has 1 aromatic heterocycles. The number of carbonyl (C=O) groups excluding carboxylic acids is 1. The Bertz CT molecular complexity index is 393. The minimum absolute atomic E-state index is 0.131. The van der Waals surface area contributed by atoms with Gasteiger partial charge in [-0.3, -0.25) is 4.79 Å². The van der Waals surface area contributed by atoms with Crippen molar-refractivity contribution in [3.63, 3.8) is 0 Å². The Morgan fingerprint density at radius 2 is 2.06 bits per heavy atom. The second kappa shape index (κ2) is 7.63. The molecule has 1 amide bonds. The van der Waals surface area contributed by atoms with Crippen LogP contribution in [-0.2, 0) is 0 Å². The molecule has 0 saturated carbocycles. The summed E-state index contributed by atoms with van der Waals surface area (Å²) < 4.78 is 0. The largest absolute Gasteiger partial charge is 0.357 e. The average Bonchev–Trinajstić information content (AvgIpc) is 2.37. The lowest BCUT2D eigenvalue weighted by atomic mass is 10.2. The highest BCUT2D eigenvalue weighted by Gasteiger charge is 2.09. The van der Waals surface area contributed by atoms with E-state index >= 15 is 0 Å². The predicted molar refractivity (Wildman–Crippen MR) is 72.8 cm³/mol. The number of carbonyl (C=O) groups is 1. The van der Waals surface area contributed by atoms with Gasteiger partial charge in [0.15, 0.2) is 0 Å². The summed E-state index contributed by atoms with van der Waals surface area (Å²) in [5.41, 5.74) is 1.20. The number of aromatic nitrogens is 2. The first-order valence-corrected chi connectivity index (χ1v) is 6.49. The Balaban J connectivity index is 2.48. The number of rotatable bonds is 7. The highest BCUT2D eigenvalue weighted by atomic mass is 16.1. The molecule has 0 aliphatic heterocycles. The number of hydrogen-bond donors (Lipinski definition) is 2. The maximum absolute atomic E-state index is 11.9. The van der Waals surface area contributed by atoms with Crippen LogP contribution in [0.3, 0.4) is 0 Å². The van der Waals surface area contributed by atoms with Crippen LogP contribution in [0.4, 0.5) is 5.95 Å². The number of nitrogens with zero attached hydrogens (tertiary/aromatic N) is 2. The molecule has 0 atom stereocenters. The summed E-state index contributed by atoms with van der Waals surface area (Å²) in [6, 6.07) is 1.70. The fourth-order valence-electron chi connectivity index (χ4n) is 1.64. The van der Waals surface area contributed by atoms with Gasteiger partial charge in [-0.05, 0) is 19.4 Å². The molecule has 0 aliphatic rings. The zero-order chi connectivity index (χ0) is 13.4. The van der Waals surface area contributed by atoms with Gasteiger partial charge < -0.3 is 10.6 Å². The number of amides is 1. The van der Waals surface area contributed by atoms with Crippen LogP contribution < -0.4 is 10.6 Å². The number of hydrogen-bond acceptors (Lipinski definition) is 4. The molecule has 0 radical (unpaired) electrons. The molecule has 5 heteroatoms. The van der Waals surface area contributed by atoms with Gasteiger partial charge in [0.25, 0.3) is 5.91 Å². The highest BCUT2D eigenvalue weighted by Crippen LogP contribution is 2.04. The van der Waals surface area contributed by atoms with E-state index in [2.05, 4.69) is 27.5 Å². The topological polar surface area (TPSA) is 66.9 Å². The Hall–Kier alpha value is -1.65. The molecule has 5 nitrogen and oxygen atoms in total. The van der Waals surface area contributed by atoms with E-state index in [0.717, 1.165) is 18.5 Å². The van der Waals surface area contributed by atoms with E-state index in [4.69, 9.17) is 0 Å². The quantitative estimate of drug-likeness (QED) is 0.728. The second-order valence-electron chi connectivity index (χ2n) is 4.28. The fraction of sp³-hybridized carbons (Fsp3) is 0.615. The second-order valence-corrected chi connectivity index (χ2v) is 4.28. The van der Waals surface area contributed by atoms with Gasteiger partial charge in [0, 0.05) is 19.3 Å². The van der Waals surface area contributed by atoms with Crippen LogP contribution in [0.5, 0.6) is 0 Å². The number of unbranched alkanes of at least 4 members (excludes halogenated alkanes) is 3. The van der Waals surface area contributed by atoms with E-state index in [0.29, 0.717) is 18.2 Å². The van der Waals surface area contributed by atoms with Crippen molar-refractivity contribution in [2.24, 2.45) is 0 Å². The van der Waals surface area contributed by atoms with Crippen LogP contribution in [0, 0.1) is 6.92 Å². The standard InChI is InChI=1S/C13H22N4O/c1-4-5-6-7-8-15-12(18)11-9-10(2)16-13(14-3)17-11/h9H,4-8H2,1-3H3,(H,15,18)(H,14,16,17). The molecule has 18 heavy (non-hydrogen) atoms. The first-order valence-electron chi connectivity index (χ1n) is 6.49.